The molecule has 0 fully saturated rings. The SMILES string of the molecule is CC(F)(F)C(F)(F)C(F)(F)C(F)(F)C(F)(F)C(=O)Cc1cccnc1C(=O)O. The van der Waals surface area contributed by atoms with Crippen LogP contribution in [0.15, 0.2) is 18.3 Å². The fraction of sp³-hybridized carbons (Fsp3) is 0.500. The average molecular weight is 429 g/mol. The van der Waals surface area contributed by atoms with E-state index in [1.165, 1.54) is 0 Å². The maximum Gasteiger partial charge on any atom is 0.385 e. The summed E-state index contributed by atoms with van der Waals surface area (Å²) < 4.78 is 133. The van der Waals surface area contributed by atoms with E-state index < -0.39 is 66.0 Å². The quantitative estimate of drug-likeness (QED) is 0.633. The Morgan fingerprint density at radius 1 is 0.929 bits per heavy atom. The first-order chi connectivity index (χ1) is 12.3. The molecule has 0 saturated heterocycles. The molecule has 1 aromatic heterocycles. The van der Waals surface area contributed by atoms with Gasteiger partial charge in [0.2, 0.25) is 5.78 Å². The number of halogens is 10. The third-order valence-electron chi connectivity index (χ3n) is 3.53. The lowest BCUT2D eigenvalue weighted by Gasteiger charge is -2.38. The van der Waals surface area contributed by atoms with Gasteiger partial charge in [0.25, 0.3) is 0 Å². The number of carbonyl (C=O) groups excluding carboxylic acids is 1. The standard InChI is InChI=1S/C14H9F10NO3/c1-10(15,16)12(19,20)14(23,24)13(21,22)11(17,18)7(26)5-6-3-2-4-25-8(6)9(27)28/h2-4H,5H2,1H3,(H,27,28). The number of alkyl halides is 10. The predicted octanol–water partition coefficient (Wildman–Crippen LogP) is 4.09. The van der Waals surface area contributed by atoms with Gasteiger partial charge in [0, 0.05) is 19.5 Å². The second kappa shape index (κ2) is 6.88. The number of hydrogen-bond donors (Lipinski definition) is 1. The van der Waals surface area contributed by atoms with Gasteiger partial charge >= 0.3 is 35.6 Å². The lowest BCUT2D eigenvalue weighted by molar-refractivity contribution is -0.391. The minimum Gasteiger partial charge on any atom is -0.477 e. The van der Waals surface area contributed by atoms with Crippen LogP contribution >= 0.6 is 0 Å². The summed E-state index contributed by atoms with van der Waals surface area (Å²) in [6.07, 6.45) is -1.12. The van der Waals surface area contributed by atoms with Crippen LogP contribution in [0, 0.1) is 0 Å². The van der Waals surface area contributed by atoms with Crippen molar-refractivity contribution in [1.82, 2.24) is 4.98 Å². The Hall–Kier alpha value is -2.41. The fourth-order valence-corrected chi connectivity index (χ4v) is 1.90. The summed E-state index contributed by atoms with van der Waals surface area (Å²) in [7, 11) is 0. The molecular weight excluding hydrogens is 420 g/mol. The Kier molecular flexibility index (Phi) is 5.81. The van der Waals surface area contributed by atoms with E-state index in [1.807, 2.05) is 0 Å². The number of rotatable bonds is 8. The zero-order chi connectivity index (χ0) is 22.3. The van der Waals surface area contributed by atoms with Gasteiger partial charge in [0.05, 0.1) is 0 Å². The van der Waals surface area contributed by atoms with Crippen LogP contribution in [0.5, 0.6) is 0 Å². The topological polar surface area (TPSA) is 67.3 Å². The summed E-state index contributed by atoms with van der Waals surface area (Å²) in [5.74, 6) is -39.0. The first-order valence-corrected chi connectivity index (χ1v) is 6.92. The van der Waals surface area contributed by atoms with E-state index in [0.717, 1.165) is 12.3 Å². The van der Waals surface area contributed by atoms with Crippen molar-refractivity contribution in [3.05, 3.63) is 29.6 Å². The molecule has 0 radical (unpaired) electrons. The summed E-state index contributed by atoms with van der Waals surface area (Å²) in [5, 5.41) is 8.75. The smallest absolute Gasteiger partial charge is 0.385 e. The van der Waals surface area contributed by atoms with Gasteiger partial charge in [-0.05, 0) is 11.6 Å². The van der Waals surface area contributed by atoms with Crippen molar-refractivity contribution < 1.29 is 58.6 Å². The molecule has 1 heterocycles. The zero-order valence-corrected chi connectivity index (χ0v) is 13.4. The summed E-state index contributed by atoms with van der Waals surface area (Å²) >= 11 is 0. The molecule has 0 aliphatic rings. The van der Waals surface area contributed by atoms with Crippen LogP contribution in [-0.2, 0) is 11.2 Å². The molecule has 1 aromatic rings. The van der Waals surface area contributed by atoms with E-state index >= 15 is 0 Å². The summed E-state index contributed by atoms with van der Waals surface area (Å²) in [4.78, 5) is 25.4. The molecule has 0 spiro atoms. The number of carbonyl (C=O) groups is 2. The van der Waals surface area contributed by atoms with Gasteiger partial charge in [-0.15, -0.1) is 0 Å². The van der Waals surface area contributed by atoms with Crippen molar-refractivity contribution in [2.75, 3.05) is 0 Å². The number of Topliss-reactive ketones (excluding diaryl/α,β-unsaturated/α-hetero) is 1. The minimum atomic E-state index is -7.35. The van der Waals surface area contributed by atoms with Gasteiger partial charge < -0.3 is 5.11 Å². The van der Waals surface area contributed by atoms with Crippen molar-refractivity contribution in [1.29, 1.82) is 0 Å². The molecule has 0 atom stereocenters. The van der Waals surface area contributed by atoms with Gasteiger partial charge in [0.1, 0.15) is 0 Å². The lowest BCUT2D eigenvalue weighted by Crippen LogP contribution is -2.68. The number of pyridine rings is 1. The van der Waals surface area contributed by atoms with Crippen LogP contribution in [0.2, 0.25) is 0 Å². The molecule has 0 saturated carbocycles. The van der Waals surface area contributed by atoms with Crippen molar-refractivity contribution in [2.24, 2.45) is 0 Å². The van der Waals surface area contributed by atoms with Crippen LogP contribution in [0.4, 0.5) is 43.9 Å². The third-order valence-corrected chi connectivity index (χ3v) is 3.53. The van der Waals surface area contributed by atoms with E-state index in [0.29, 0.717) is 6.07 Å². The molecule has 4 nitrogen and oxygen atoms in total. The van der Waals surface area contributed by atoms with Crippen molar-refractivity contribution in [3.63, 3.8) is 0 Å². The molecule has 1 N–H and O–H groups in total. The van der Waals surface area contributed by atoms with Crippen molar-refractivity contribution in [2.45, 2.75) is 43.0 Å². The van der Waals surface area contributed by atoms with Crippen molar-refractivity contribution in [3.8, 4) is 0 Å². The van der Waals surface area contributed by atoms with Gasteiger partial charge in [-0.2, -0.15) is 43.9 Å². The Balaban J connectivity index is 3.37. The minimum absolute atomic E-state index is 0.648. The third kappa shape index (κ3) is 3.51. The summed E-state index contributed by atoms with van der Waals surface area (Å²) in [6.45, 7) is -0.897. The fourth-order valence-electron chi connectivity index (χ4n) is 1.90. The highest BCUT2D eigenvalue weighted by atomic mass is 19.4. The maximum atomic E-state index is 13.7. The highest BCUT2D eigenvalue weighted by Gasteiger charge is 2.86. The van der Waals surface area contributed by atoms with Gasteiger partial charge in [0.15, 0.2) is 5.69 Å². The second-order valence-corrected chi connectivity index (χ2v) is 5.60. The molecule has 1 rings (SSSR count). The first-order valence-electron chi connectivity index (χ1n) is 6.92. The van der Waals surface area contributed by atoms with E-state index in [4.69, 9.17) is 5.11 Å². The van der Waals surface area contributed by atoms with Gasteiger partial charge in [-0.3, -0.25) is 4.79 Å². The molecule has 0 amide bonds. The number of aromatic nitrogens is 1. The molecule has 0 aromatic carbocycles. The molecule has 28 heavy (non-hydrogen) atoms. The number of nitrogens with zero attached hydrogens (tertiary/aromatic N) is 1. The highest BCUT2D eigenvalue weighted by molar-refractivity contribution is 5.93. The lowest BCUT2D eigenvalue weighted by atomic mass is 9.91. The Bertz CT molecular complexity index is 773. The monoisotopic (exact) mass is 429 g/mol. The largest absolute Gasteiger partial charge is 0.477 e. The van der Waals surface area contributed by atoms with Gasteiger partial charge in [-0.25, -0.2) is 9.78 Å². The van der Waals surface area contributed by atoms with E-state index in [1.54, 1.807) is 0 Å². The van der Waals surface area contributed by atoms with Crippen LogP contribution in [0.3, 0.4) is 0 Å². The molecule has 0 unspecified atom stereocenters. The van der Waals surface area contributed by atoms with Crippen LogP contribution < -0.4 is 0 Å². The summed E-state index contributed by atoms with van der Waals surface area (Å²) in [5.41, 5.74) is -2.00. The first kappa shape index (κ1) is 23.6. The number of carboxylic acid groups (broad SMARTS) is 1. The van der Waals surface area contributed by atoms with Crippen LogP contribution in [-0.4, -0.2) is 51.5 Å². The predicted molar refractivity (Wildman–Crippen MR) is 70.3 cm³/mol. The Morgan fingerprint density at radius 3 is 1.86 bits per heavy atom. The number of carboxylic acids is 1. The number of hydrogen-bond acceptors (Lipinski definition) is 3. The molecule has 0 aliphatic heterocycles. The Morgan fingerprint density at radius 2 is 1.43 bits per heavy atom. The normalized spacial score (nSPS) is 14.1. The zero-order valence-electron chi connectivity index (χ0n) is 13.4. The van der Waals surface area contributed by atoms with Gasteiger partial charge in [-0.1, -0.05) is 6.07 Å². The molecule has 158 valence electrons. The second-order valence-electron chi connectivity index (χ2n) is 5.60. The maximum absolute atomic E-state index is 13.7. The van der Waals surface area contributed by atoms with E-state index in [2.05, 4.69) is 4.98 Å². The molecule has 0 bridgehead atoms. The van der Waals surface area contributed by atoms with Crippen molar-refractivity contribution >= 4 is 11.8 Å². The highest BCUT2D eigenvalue weighted by Crippen LogP contribution is 2.57. The number of aromatic carboxylic acids is 1. The molecular formula is C14H9F10NO3. The van der Waals surface area contributed by atoms with E-state index in [-0.39, 0.29) is 0 Å². The van der Waals surface area contributed by atoms with E-state index in [9.17, 15) is 53.5 Å². The van der Waals surface area contributed by atoms with Crippen LogP contribution in [0.1, 0.15) is 23.0 Å². The molecule has 0 aliphatic carbocycles. The summed E-state index contributed by atoms with van der Waals surface area (Å²) in [6, 6.07) is 1.53. The number of ketones is 1. The Labute approximate surface area is 149 Å². The molecule has 14 heteroatoms. The van der Waals surface area contributed by atoms with Crippen LogP contribution in [0.25, 0.3) is 0 Å². The average Bonchev–Trinajstić information content (AvgIpc) is 2.53.